The van der Waals surface area contributed by atoms with Gasteiger partial charge in [0.05, 0.1) is 5.71 Å². The van der Waals surface area contributed by atoms with Crippen molar-refractivity contribution in [2.75, 3.05) is 7.05 Å². The molecule has 18 heavy (non-hydrogen) atoms. The van der Waals surface area contributed by atoms with Crippen LogP contribution in [0.5, 0.6) is 0 Å². The minimum absolute atomic E-state index is 0.111. The quantitative estimate of drug-likeness (QED) is 0.436. The van der Waals surface area contributed by atoms with Gasteiger partial charge in [-0.3, -0.25) is 4.99 Å². The smallest absolute Gasteiger partial charge is 0.276 e. The van der Waals surface area contributed by atoms with Crippen LogP contribution >= 0.6 is 11.8 Å². The van der Waals surface area contributed by atoms with Gasteiger partial charge in [-0.15, -0.1) is 0 Å². The van der Waals surface area contributed by atoms with Gasteiger partial charge in [-0.1, -0.05) is 44.3 Å². The van der Waals surface area contributed by atoms with E-state index >= 15 is 0 Å². The van der Waals surface area contributed by atoms with Gasteiger partial charge < -0.3 is 0 Å². The van der Waals surface area contributed by atoms with Gasteiger partial charge in [-0.2, -0.15) is 0 Å². The summed E-state index contributed by atoms with van der Waals surface area (Å²) in [6.45, 7) is 11.8. The Morgan fingerprint density at radius 2 is 2.00 bits per heavy atom. The second-order valence-electron chi connectivity index (χ2n) is 3.84. The summed E-state index contributed by atoms with van der Waals surface area (Å²) in [4.78, 5) is 5.53. The van der Waals surface area contributed by atoms with Gasteiger partial charge in [0, 0.05) is 18.4 Å². The molecule has 0 aromatic heterocycles. The van der Waals surface area contributed by atoms with Crippen molar-refractivity contribution in [1.82, 2.24) is 0 Å². The highest BCUT2D eigenvalue weighted by Crippen LogP contribution is 2.33. The largest absolute Gasteiger partial charge is 0.291 e. The summed E-state index contributed by atoms with van der Waals surface area (Å²) in [6.07, 6.45) is 1.41. The Morgan fingerprint density at radius 3 is 2.39 bits per heavy atom. The minimum Gasteiger partial charge on any atom is -0.291 e. The van der Waals surface area contributed by atoms with Crippen molar-refractivity contribution in [1.29, 1.82) is 0 Å². The zero-order valence-electron chi connectivity index (χ0n) is 11.3. The molecule has 0 saturated heterocycles. The van der Waals surface area contributed by atoms with E-state index in [2.05, 4.69) is 25.1 Å². The van der Waals surface area contributed by atoms with Crippen LogP contribution < -0.4 is 0 Å². The predicted molar refractivity (Wildman–Crippen MR) is 78.5 cm³/mol. The summed E-state index contributed by atoms with van der Waals surface area (Å²) in [7, 11) is 1.38. The Bertz CT molecular complexity index is 357. The number of rotatable bonds is 8. The van der Waals surface area contributed by atoms with Crippen LogP contribution in [-0.4, -0.2) is 19.2 Å². The Labute approximate surface area is 113 Å². The van der Waals surface area contributed by atoms with E-state index in [9.17, 15) is 8.78 Å². The fraction of sp³-hybridized carbons (Fsp3) is 0.500. The molecule has 0 unspecified atom stereocenters. The minimum atomic E-state index is -2.52. The van der Waals surface area contributed by atoms with Crippen molar-refractivity contribution >= 4 is 17.5 Å². The predicted octanol–water partition coefficient (Wildman–Crippen LogP) is 5.22. The van der Waals surface area contributed by atoms with Crippen molar-refractivity contribution in [3.8, 4) is 0 Å². The molecule has 0 N–H and O–H groups in total. The van der Waals surface area contributed by atoms with Gasteiger partial charge >= 0.3 is 0 Å². The maximum atomic E-state index is 12.6. The summed E-state index contributed by atoms with van der Waals surface area (Å²) in [5.41, 5.74) is 0.543. The van der Waals surface area contributed by atoms with E-state index in [0.29, 0.717) is 5.57 Å². The fourth-order valence-electron chi connectivity index (χ4n) is 1.38. The van der Waals surface area contributed by atoms with Crippen molar-refractivity contribution in [2.24, 2.45) is 4.99 Å². The molecule has 0 amide bonds. The number of nitrogens with zero attached hydrogens (tertiary/aromatic N) is 1. The van der Waals surface area contributed by atoms with Crippen molar-refractivity contribution in [2.45, 2.75) is 39.5 Å². The highest BCUT2D eigenvalue weighted by Gasteiger charge is 2.15. The molecule has 0 aliphatic carbocycles. The number of halogens is 2. The van der Waals surface area contributed by atoms with E-state index < -0.39 is 6.43 Å². The Kier molecular flexibility index (Phi) is 8.63. The van der Waals surface area contributed by atoms with Crippen LogP contribution in [0, 0.1) is 0 Å². The van der Waals surface area contributed by atoms with Crippen molar-refractivity contribution < 1.29 is 8.78 Å². The molecule has 0 aromatic rings. The maximum absolute atomic E-state index is 12.6. The van der Waals surface area contributed by atoms with Crippen LogP contribution in [0.2, 0.25) is 0 Å². The Balaban J connectivity index is 4.60. The number of hydrogen-bond acceptors (Lipinski definition) is 2. The topological polar surface area (TPSA) is 12.4 Å². The average molecular weight is 273 g/mol. The van der Waals surface area contributed by atoms with Crippen LogP contribution in [-0.2, 0) is 0 Å². The first kappa shape index (κ1) is 17.1. The molecule has 0 atom stereocenters. The molecular formula is C14H21F2NS. The third kappa shape index (κ3) is 6.15. The first-order valence-corrected chi connectivity index (χ1v) is 6.71. The van der Waals surface area contributed by atoms with E-state index in [1.807, 2.05) is 13.0 Å². The monoisotopic (exact) mass is 273 g/mol. The first-order chi connectivity index (χ1) is 8.46. The lowest BCUT2D eigenvalue weighted by atomic mass is 10.1. The molecule has 102 valence electrons. The lowest BCUT2D eigenvalue weighted by molar-refractivity contribution is 0.223. The molecule has 4 heteroatoms. The maximum Gasteiger partial charge on any atom is 0.276 e. The number of aliphatic imine (C=N–C) groups is 1. The lowest BCUT2D eigenvalue weighted by Gasteiger charge is -2.12. The molecule has 0 aliphatic heterocycles. The van der Waals surface area contributed by atoms with Crippen LogP contribution in [0.3, 0.4) is 0 Å². The summed E-state index contributed by atoms with van der Waals surface area (Å²) in [6, 6.07) is 0. The molecule has 0 bridgehead atoms. The van der Waals surface area contributed by atoms with E-state index in [1.54, 1.807) is 0 Å². The van der Waals surface area contributed by atoms with Gasteiger partial charge in [0.25, 0.3) is 6.43 Å². The van der Waals surface area contributed by atoms with Gasteiger partial charge in [0.2, 0.25) is 0 Å². The SMILES string of the molecule is C=C(CCC)S/C(=C\C)C(=C)CC(=NC)C(F)F. The van der Waals surface area contributed by atoms with Gasteiger partial charge in [-0.25, -0.2) is 8.78 Å². The summed E-state index contributed by atoms with van der Waals surface area (Å²) in [5.74, 6) is 0. The second kappa shape index (κ2) is 9.09. The zero-order chi connectivity index (χ0) is 14.1. The number of allylic oxidation sites excluding steroid dienone is 3. The van der Waals surface area contributed by atoms with Gasteiger partial charge in [0.1, 0.15) is 0 Å². The molecule has 1 nitrogen and oxygen atoms in total. The average Bonchev–Trinajstić information content (AvgIpc) is 2.32. The van der Waals surface area contributed by atoms with Crippen LogP contribution in [0.25, 0.3) is 0 Å². The molecule has 0 saturated carbocycles. The molecule has 0 aromatic carbocycles. The molecule has 0 rings (SSSR count). The summed E-state index contributed by atoms with van der Waals surface area (Å²) < 4.78 is 25.2. The van der Waals surface area contributed by atoms with Crippen molar-refractivity contribution in [3.63, 3.8) is 0 Å². The van der Waals surface area contributed by atoms with E-state index in [0.717, 1.165) is 22.7 Å². The molecule has 0 aliphatic rings. The number of thioether (sulfide) groups is 1. The zero-order valence-corrected chi connectivity index (χ0v) is 12.1. The first-order valence-electron chi connectivity index (χ1n) is 5.90. The molecule has 0 fully saturated rings. The third-order valence-corrected chi connectivity index (χ3v) is 3.56. The van der Waals surface area contributed by atoms with Gasteiger partial charge in [-0.05, 0) is 23.8 Å². The van der Waals surface area contributed by atoms with E-state index in [-0.39, 0.29) is 12.1 Å². The Morgan fingerprint density at radius 1 is 1.39 bits per heavy atom. The van der Waals surface area contributed by atoms with E-state index in [1.165, 1.54) is 18.8 Å². The molecule has 0 heterocycles. The normalized spacial score (nSPS) is 13.0. The van der Waals surface area contributed by atoms with Crippen LogP contribution in [0.15, 0.2) is 39.6 Å². The molecule has 0 spiro atoms. The number of hydrogen-bond donors (Lipinski definition) is 0. The highest BCUT2D eigenvalue weighted by atomic mass is 32.2. The number of alkyl halides is 2. The second-order valence-corrected chi connectivity index (χ2v) is 5.06. The highest BCUT2D eigenvalue weighted by molar-refractivity contribution is 8.06. The van der Waals surface area contributed by atoms with E-state index in [4.69, 9.17) is 0 Å². The fourth-order valence-corrected chi connectivity index (χ4v) is 2.33. The van der Waals surface area contributed by atoms with Gasteiger partial charge in [0.15, 0.2) is 0 Å². The third-order valence-electron chi connectivity index (χ3n) is 2.33. The summed E-state index contributed by atoms with van der Waals surface area (Å²) in [5, 5.41) is 0. The van der Waals surface area contributed by atoms with Crippen LogP contribution in [0.1, 0.15) is 33.1 Å². The lowest BCUT2D eigenvalue weighted by Crippen LogP contribution is -2.11. The molecular weight excluding hydrogens is 252 g/mol. The van der Waals surface area contributed by atoms with Crippen LogP contribution in [0.4, 0.5) is 8.78 Å². The van der Waals surface area contributed by atoms with Crippen molar-refractivity contribution in [3.05, 3.63) is 34.6 Å². The standard InChI is InChI=1S/C14H21F2NS/c1-6-8-11(4)18-13(7-2)10(3)9-12(17-5)14(15)16/h7,14H,3-4,6,8-9H2,1-2,5H3/b13-7-,17-12?. The Hall–Kier alpha value is -0.900. The summed E-state index contributed by atoms with van der Waals surface area (Å²) >= 11 is 1.51. The molecule has 0 radical (unpaired) electrons.